The van der Waals surface area contributed by atoms with Crippen LogP contribution in [-0.4, -0.2) is 42.7 Å². The quantitative estimate of drug-likeness (QED) is 0.837. The predicted octanol–water partition coefficient (Wildman–Crippen LogP) is 0.984. The Bertz CT molecular complexity index is 635. The summed E-state index contributed by atoms with van der Waals surface area (Å²) in [5, 5.41) is 8.91. The van der Waals surface area contributed by atoms with Gasteiger partial charge in [-0.25, -0.2) is 8.42 Å². The molecule has 1 heterocycles. The maximum Gasteiger partial charge on any atom is 0.307 e. The van der Waals surface area contributed by atoms with Crippen molar-refractivity contribution in [2.75, 3.05) is 13.1 Å². The van der Waals surface area contributed by atoms with E-state index in [0.29, 0.717) is 12.0 Å². The van der Waals surface area contributed by atoms with E-state index in [1.165, 1.54) is 35.5 Å². The Morgan fingerprint density at radius 1 is 1.25 bits per heavy atom. The third-order valence-corrected chi connectivity index (χ3v) is 5.28. The summed E-state index contributed by atoms with van der Waals surface area (Å²) in [6.07, 6.45) is 0.320. The lowest BCUT2D eigenvalue weighted by molar-refractivity contribution is -0.141. The van der Waals surface area contributed by atoms with Crippen LogP contribution in [0.15, 0.2) is 29.2 Å². The first-order chi connectivity index (χ1) is 9.32. The minimum Gasteiger partial charge on any atom is -0.481 e. The molecular weight excluding hydrogens is 282 g/mol. The van der Waals surface area contributed by atoms with Gasteiger partial charge in [0.15, 0.2) is 5.78 Å². The van der Waals surface area contributed by atoms with E-state index in [0.717, 1.165) is 0 Å². The Kier molecular flexibility index (Phi) is 3.92. The molecule has 0 radical (unpaired) electrons. The van der Waals surface area contributed by atoms with E-state index in [2.05, 4.69) is 0 Å². The van der Waals surface area contributed by atoms with Crippen LogP contribution in [0.5, 0.6) is 0 Å². The lowest BCUT2D eigenvalue weighted by Gasteiger charge is -2.16. The Labute approximate surface area is 117 Å². The minimum atomic E-state index is -3.69. The second-order valence-corrected chi connectivity index (χ2v) is 6.71. The van der Waals surface area contributed by atoms with Crippen LogP contribution in [0.1, 0.15) is 23.7 Å². The van der Waals surface area contributed by atoms with Gasteiger partial charge in [-0.05, 0) is 25.5 Å². The molecule has 0 bridgehead atoms. The summed E-state index contributed by atoms with van der Waals surface area (Å²) in [5.41, 5.74) is 0.439. The van der Waals surface area contributed by atoms with Crippen molar-refractivity contribution in [1.82, 2.24) is 4.31 Å². The highest BCUT2D eigenvalue weighted by Crippen LogP contribution is 2.24. The molecule has 1 unspecified atom stereocenters. The molecule has 6 nitrogen and oxygen atoms in total. The molecule has 1 saturated heterocycles. The Hall–Kier alpha value is -1.73. The Morgan fingerprint density at radius 3 is 2.30 bits per heavy atom. The largest absolute Gasteiger partial charge is 0.481 e. The first-order valence-electron chi connectivity index (χ1n) is 6.16. The van der Waals surface area contributed by atoms with Gasteiger partial charge in [0, 0.05) is 18.7 Å². The molecule has 20 heavy (non-hydrogen) atoms. The maximum absolute atomic E-state index is 12.3. The molecule has 1 atom stereocenters. The number of Topliss-reactive ketones (excluding diaryl/α,β-unsaturated/α-hetero) is 1. The molecule has 0 aliphatic carbocycles. The van der Waals surface area contributed by atoms with Gasteiger partial charge in [0.25, 0.3) is 0 Å². The van der Waals surface area contributed by atoms with E-state index in [1.54, 1.807) is 0 Å². The van der Waals surface area contributed by atoms with Crippen LogP contribution < -0.4 is 0 Å². The van der Waals surface area contributed by atoms with Gasteiger partial charge >= 0.3 is 5.97 Å². The average Bonchev–Trinajstić information content (AvgIpc) is 2.89. The number of ketones is 1. The SMILES string of the molecule is CC(=O)c1ccc(S(=O)(=O)N2CCC(C(=O)O)C2)cc1. The molecule has 0 spiro atoms. The maximum atomic E-state index is 12.3. The second-order valence-electron chi connectivity index (χ2n) is 4.77. The number of hydrogen-bond donors (Lipinski definition) is 1. The van der Waals surface area contributed by atoms with E-state index < -0.39 is 21.9 Å². The summed E-state index contributed by atoms with van der Waals surface area (Å²) in [4.78, 5) is 22.1. The smallest absolute Gasteiger partial charge is 0.307 e. The first-order valence-corrected chi connectivity index (χ1v) is 7.60. The summed E-state index contributed by atoms with van der Waals surface area (Å²) in [6.45, 7) is 1.60. The van der Waals surface area contributed by atoms with Gasteiger partial charge in [-0.2, -0.15) is 4.31 Å². The van der Waals surface area contributed by atoms with Crippen molar-refractivity contribution in [3.63, 3.8) is 0 Å². The molecule has 1 fully saturated rings. The van der Waals surface area contributed by atoms with E-state index >= 15 is 0 Å². The van der Waals surface area contributed by atoms with Crippen LogP contribution in [0.3, 0.4) is 0 Å². The third kappa shape index (κ3) is 2.73. The van der Waals surface area contributed by atoms with Crippen LogP contribution in [0, 0.1) is 5.92 Å². The molecule has 2 rings (SSSR count). The number of aliphatic carboxylic acids is 1. The summed E-state index contributed by atoms with van der Waals surface area (Å²) >= 11 is 0. The summed E-state index contributed by atoms with van der Waals surface area (Å²) in [6, 6.07) is 5.67. The Balaban J connectivity index is 2.23. The average molecular weight is 297 g/mol. The topological polar surface area (TPSA) is 91.8 Å². The van der Waals surface area contributed by atoms with Crippen LogP contribution >= 0.6 is 0 Å². The van der Waals surface area contributed by atoms with Gasteiger partial charge in [0.1, 0.15) is 0 Å². The van der Waals surface area contributed by atoms with Gasteiger partial charge < -0.3 is 5.11 Å². The molecule has 1 aliphatic rings. The van der Waals surface area contributed by atoms with Gasteiger partial charge in [0.2, 0.25) is 10.0 Å². The molecule has 7 heteroatoms. The number of carbonyl (C=O) groups is 2. The van der Waals surface area contributed by atoms with Gasteiger partial charge in [0.05, 0.1) is 10.8 Å². The lowest BCUT2D eigenvalue weighted by Crippen LogP contribution is -2.30. The molecule has 0 aromatic heterocycles. The highest BCUT2D eigenvalue weighted by Gasteiger charge is 2.35. The minimum absolute atomic E-state index is 0.00781. The fourth-order valence-electron chi connectivity index (χ4n) is 2.16. The molecule has 0 amide bonds. The third-order valence-electron chi connectivity index (χ3n) is 3.40. The van der Waals surface area contributed by atoms with Crippen molar-refractivity contribution >= 4 is 21.8 Å². The van der Waals surface area contributed by atoms with Crippen molar-refractivity contribution in [2.24, 2.45) is 5.92 Å². The van der Waals surface area contributed by atoms with Gasteiger partial charge in [-0.3, -0.25) is 9.59 Å². The van der Waals surface area contributed by atoms with Crippen molar-refractivity contribution in [1.29, 1.82) is 0 Å². The van der Waals surface area contributed by atoms with Gasteiger partial charge in [-0.15, -0.1) is 0 Å². The standard InChI is InChI=1S/C13H15NO5S/c1-9(15)10-2-4-12(5-3-10)20(18,19)14-7-6-11(8-14)13(16)17/h2-5,11H,6-8H2,1H3,(H,16,17). The zero-order chi connectivity index (χ0) is 14.9. The molecule has 1 N–H and O–H groups in total. The number of sulfonamides is 1. The molecule has 1 aromatic rings. The first kappa shape index (κ1) is 14.7. The number of hydrogen-bond acceptors (Lipinski definition) is 4. The van der Waals surface area contributed by atoms with E-state index in [9.17, 15) is 18.0 Å². The molecular formula is C13H15NO5S. The van der Waals surface area contributed by atoms with Crippen molar-refractivity contribution in [2.45, 2.75) is 18.2 Å². The fourth-order valence-corrected chi connectivity index (χ4v) is 3.66. The summed E-state index contributed by atoms with van der Waals surface area (Å²) in [7, 11) is -3.69. The molecule has 1 aromatic carbocycles. The highest BCUT2D eigenvalue weighted by atomic mass is 32.2. The number of nitrogens with zero attached hydrogens (tertiary/aromatic N) is 1. The zero-order valence-electron chi connectivity index (χ0n) is 10.9. The Morgan fingerprint density at radius 2 is 1.85 bits per heavy atom. The van der Waals surface area contributed by atoms with Gasteiger partial charge in [-0.1, -0.05) is 12.1 Å². The highest BCUT2D eigenvalue weighted by molar-refractivity contribution is 7.89. The lowest BCUT2D eigenvalue weighted by atomic mass is 10.1. The normalized spacial score (nSPS) is 19.9. The fraction of sp³-hybridized carbons (Fsp3) is 0.385. The van der Waals surface area contributed by atoms with Crippen molar-refractivity contribution in [3.8, 4) is 0 Å². The van der Waals surface area contributed by atoms with Crippen molar-refractivity contribution in [3.05, 3.63) is 29.8 Å². The number of rotatable bonds is 4. The van der Waals surface area contributed by atoms with Crippen LogP contribution in [0.2, 0.25) is 0 Å². The monoisotopic (exact) mass is 297 g/mol. The number of carboxylic acids is 1. The number of carbonyl (C=O) groups excluding carboxylic acids is 1. The molecule has 0 saturated carbocycles. The zero-order valence-corrected chi connectivity index (χ0v) is 11.8. The van der Waals surface area contributed by atoms with E-state index in [-0.39, 0.29) is 23.8 Å². The van der Waals surface area contributed by atoms with Crippen molar-refractivity contribution < 1.29 is 23.1 Å². The number of benzene rings is 1. The van der Waals surface area contributed by atoms with E-state index in [4.69, 9.17) is 5.11 Å². The van der Waals surface area contributed by atoms with E-state index in [1.807, 2.05) is 0 Å². The predicted molar refractivity (Wildman–Crippen MR) is 70.9 cm³/mol. The summed E-state index contributed by atoms with van der Waals surface area (Å²) in [5.74, 6) is -1.77. The molecule has 108 valence electrons. The second kappa shape index (κ2) is 5.34. The van der Waals surface area contributed by atoms with Crippen LogP contribution in [-0.2, 0) is 14.8 Å². The van der Waals surface area contributed by atoms with Crippen LogP contribution in [0.25, 0.3) is 0 Å². The molecule has 1 aliphatic heterocycles. The number of carboxylic acid groups (broad SMARTS) is 1. The van der Waals surface area contributed by atoms with Crippen LogP contribution in [0.4, 0.5) is 0 Å². The summed E-state index contributed by atoms with van der Waals surface area (Å²) < 4.78 is 25.8.